The van der Waals surface area contributed by atoms with E-state index in [9.17, 15) is 0 Å². The summed E-state index contributed by atoms with van der Waals surface area (Å²) in [7, 11) is 0. The van der Waals surface area contributed by atoms with E-state index in [1.54, 1.807) is 6.33 Å². The van der Waals surface area contributed by atoms with E-state index in [4.69, 9.17) is 0 Å². The van der Waals surface area contributed by atoms with Crippen LogP contribution < -0.4 is 5.32 Å². The molecule has 2 unspecified atom stereocenters. The second-order valence-corrected chi connectivity index (χ2v) is 5.54. The molecule has 4 heteroatoms. The van der Waals surface area contributed by atoms with Crippen LogP contribution in [-0.4, -0.2) is 27.8 Å². The van der Waals surface area contributed by atoms with Gasteiger partial charge in [-0.15, -0.1) is 0 Å². The lowest BCUT2D eigenvalue weighted by Gasteiger charge is -2.32. The fourth-order valence-corrected chi connectivity index (χ4v) is 3.20. The van der Waals surface area contributed by atoms with E-state index < -0.39 is 0 Å². The fraction of sp³-hybridized carbons (Fsp3) is 0.500. The number of H-pyrrole nitrogens is 1. The van der Waals surface area contributed by atoms with E-state index in [0.717, 1.165) is 18.8 Å². The van der Waals surface area contributed by atoms with Gasteiger partial charge in [-0.2, -0.15) is 5.10 Å². The summed E-state index contributed by atoms with van der Waals surface area (Å²) in [6, 6.07) is 11.5. The molecule has 3 rings (SSSR count). The van der Waals surface area contributed by atoms with Crippen molar-refractivity contribution < 1.29 is 0 Å². The second-order valence-electron chi connectivity index (χ2n) is 5.54. The SMILES string of the molecule is c1ccc(C2CCCCC2NCCc2ncn[nH]2)cc1. The van der Waals surface area contributed by atoms with Gasteiger partial charge in [0.2, 0.25) is 0 Å². The number of rotatable bonds is 5. The molecule has 20 heavy (non-hydrogen) atoms. The minimum Gasteiger partial charge on any atom is -0.313 e. The molecular weight excluding hydrogens is 248 g/mol. The van der Waals surface area contributed by atoms with Crippen molar-refractivity contribution >= 4 is 0 Å². The zero-order valence-electron chi connectivity index (χ0n) is 11.8. The number of hydrogen-bond acceptors (Lipinski definition) is 3. The molecule has 1 aliphatic rings. The summed E-state index contributed by atoms with van der Waals surface area (Å²) in [5, 5.41) is 10.5. The summed E-state index contributed by atoms with van der Waals surface area (Å²) in [6.45, 7) is 0.962. The lowest BCUT2D eigenvalue weighted by atomic mass is 9.80. The Morgan fingerprint density at radius 1 is 1.15 bits per heavy atom. The molecular formula is C16H22N4. The second kappa shape index (κ2) is 6.66. The summed E-state index contributed by atoms with van der Waals surface area (Å²) in [5.74, 6) is 1.62. The van der Waals surface area contributed by atoms with Crippen LogP contribution in [0.1, 0.15) is 43.0 Å². The Kier molecular flexibility index (Phi) is 4.43. The minimum absolute atomic E-state index is 0.592. The molecule has 0 spiro atoms. The Hall–Kier alpha value is -1.68. The maximum Gasteiger partial charge on any atom is 0.137 e. The molecule has 2 N–H and O–H groups in total. The van der Waals surface area contributed by atoms with Gasteiger partial charge in [0.05, 0.1) is 0 Å². The molecule has 0 saturated heterocycles. The van der Waals surface area contributed by atoms with Gasteiger partial charge in [-0.3, -0.25) is 5.10 Å². The van der Waals surface area contributed by atoms with Crippen molar-refractivity contribution in [2.75, 3.05) is 6.54 Å². The van der Waals surface area contributed by atoms with Crippen LogP contribution >= 0.6 is 0 Å². The van der Waals surface area contributed by atoms with Crippen LogP contribution in [0.5, 0.6) is 0 Å². The normalized spacial score (nSPS) is 22.8. The molecule has 1 aliphatic carbocycles. The molecule has 1 fully saturated rings. The number of hydrogen-bond donors (Lipinski definition) is 2. The molecule has 4 nitrogen and oxygen atoms in total. The molecule has 1 aromatic carbocycles. The first kappa shape index (κ1) is 13.3. The zero-order chi connectivity index (χ0) is 13.6. The summed E-state index contributed by atoms with van der Waals surface area (Å²) >= 11 is 0. The molecule has 1 heterocycles. The van der Waals surface area contributed by atoms with Crippen LogP contribution in [0.3, 0.4) is 0 Å². The Balaban J connectivity index is 1.58. The van der Waals surface area contributed by atoms with Crippen molar-refractivity contribution in [3.8, 4) is 0 Å². The maximum absolute atomic E-state index is 4.17. The van der Waals surface area contributed by atoms with Crippen LogP contribution in [0.15, 0.2) is 36.7 Å². The Morgan fingerprint density at radius 3 is 2.80 bits per heavy atom. The monoisotopic (exact) mass is 270 g/mol. The smallest absolute Gasteiger partial charge is 0.137 e. The topological polar surface area (TPSA) is 53.6 Å². The lowest BCUT2D eigenvalue weighted by Crippen LogP contribution is -2.38. The Morgan fingerprint density at radius 2 is 2.00 bits per heavy atom. The first-order chi connectivity index (χ1) is 9.93. The molecule has 0 bridgehead atoms. The van der Waals surface area contributed by atoms with Gasteiger partial charge < -0.3 is 5.32 Å². The van der Waals surface area contributed by atoms with E-state index in [-0.39, 0.29) is 0 Å². The van der Waals surface area contributed by atoms with Gasteiger partial charge in [-0.05, 0) is 24.3 Å². The van der Waals surface area contributed by atoms with Crippen molar-refractivity contribution in [3.63, 3.8) is 0 Å². The number of aromatic amines is 1. The van der Waals surface area contributed by atoms with Gasteiger partial charge in [0.15, 0.2) is 0 Å². The third-order valence-corrected chi connectivity index (χ3v) is 4.23. The van der Waals surface area contributed by atoms with Gasteiger partial charge in [-0.1, -0.05) is 43.2 Å². The number of aromatic nitrogens is 3. The van der Waals surface area contributed by atoms with Gasteiger partial charge >= 0.3 is 0 Å². The molecule has 1 saturated carbocycles. The third-order valence-electron chi connectivity index (χ3n) is 4.23. The highest BCUT2D eigenvalue weighted by Gasteiger charge is 2.25. The van der Waals surface area contributed by atoms with E-state index in [0.29, 0.717) is 12.0 Å². The molecule has 0 amide bonds. The van der Waals surface area contributed by atoms with Gasteiger partial charge in [0, 0.05) is 19.0 Å². The van der Waals surface area contributed by atoms with Crippen molar-refractivity contribution in [1.82, 2.24) is 20.5 Å². The predicted octanol–water partition coefficient (Wildman–Crippen LogP) is 2.66. The Bertz CT molecular complexity index is 494. The number of benzene rings is 1. The number of nitrogens with one attached hydrogen (secondary N) is 2. The predicted molar refractivity (Wildman–Crippen MR) is 79.5 cm³/mol. The highest BCUT2D eigenvalue weighted by molar-refractivity contribution is 5.22. The first-order valence-corrected chi connectivity index (χ1v) is 7.56. The van der Waals surface area contributed by atoms with Gasteiger partial charge in [0.1, 0.15) is 12.2 Å². The molecule has 2 atom stereocenters. The van der Waals surface area contributed by atoms with Gasteiger partial charge in [0.25, 0.3) is 0 Å². The van der Waals surface area contributed by atoms with Crippen LogP contribution in [0.2, 0.25) is 0 Å². The van der Waals surface area contributed by atoms with Crippen LogP contribution in [0.25, 0.3) is 0 Å². The average Bonchev–Trinajstić information content (AvgIpc) is 3.02. The largest absolute Gasteiger partial charge is 0.313 e. The third kappa shape index (κ3) is 3.25. The van der Waals surface area contributed by atoms with Crippen LogP contribution in [0.4, 0.5) is 0 Å². The van der Waals surface area contributed by atoms with E-state index >= 15 is 0 Å². The quantitative estimate of drug-likeness (QED) is 0.878. The molecule has 0 radical (unpaired) electrons. The van der Waals surface area contributed by atoms with E-state index in [1.165, 1.54) is 31.2 Å². The fourth-order valence-electron chi connectivity index (χ4n) is 3.20. The van der Waals surface area contributed by atoms with Crippen molar-refractivity contribution in [3.05, 3.63) is 48.0 Å². The lowest BCUT2D eigenvalue weighted by molar-refractivity contribution is 0.328. The Labute approximate surface area is 120 Å². The first-order valence-electron chi connectivity index (χ1n) is 7.56. The van der Waals surface area contributed by atoms with Crippen LogP contribution in [-0.2, 0) is 6.42 Å². The van der Waals surface area contributed by atoms with Crippen molar-refractivity contribution in [1.29, 1.82) is 0 Å². The van der Waals surface area contributed by atoms with Crippen LogP contribution in [0, 0.1) is 0 Å². The molecule has 1 aromatic heterocycles. The zero-order valence-corrected chi connectivity index (χ0v) is 11.8. The highest BCUT2D eigenvalue weighted by atomic mass is 15.2. The summed E-state index contributed by atoms with van der Waals surface area (Å²) in [5.41, 5.74) is 1.48. The molecule has 0 aliphatic heterocycles. The molecule has 106 valence electrons. The average molecular weight is 270 g/mol. The maximum atomic E-state index is 4.17. The van der Waals surface area contributed by atoms with E-state index in [1.807, 2.05) is 0 Å². The summed E-state index contributed by atoms with van der Waals surface area (Å²) < 4.78 is 0. The van der Waals surface area contributed by atoms with E-state index in [2.05, 4.69) is 50.8 Å². The number of nitrogens with zero attached hydrogens (tertiary/aromatic N) is 2. The minimum atomic E-state index is 0.592. The van der Waals surface area contributed by atoms with Crippen molar-refractivity contribution in [2.24, 2.45) is 0 Å². The molecule has 2 aromatic rings. The summed E-state index contributed by atoms with van der Waals surface area (Å²) in [4.78, 5) is 4.17. The van der Waals surface area contributed by atoms with Gasteiger partial charge in [-0.25, -0.2) is 4.98 Å². The highest BCUT2D eigenvalue weighted by Crippen LogP contribution is 2.32. The van der Waals surface area contributed by atoms with Crippen molar-refractivity contribution in [2.45, 2.75) is 44.1 Å². The summed E-state index contributed by atoms with van der Waals surface area (Å²) in [6.07, 6.45) is 7.74. The standard InChI is InChI=1S/C16H22N4/c1-2-6-13(7-3-1)14-8-4-5-9-15(14)17-11-10-16-18-12-19-20-16/h1-3,6-7,12,14-15,17H,4-5,8-11H2,(H,18,19,20).